The van der Waals surface area contributed by atoms with Gasteiger partial charge in [-0.25, -0.2) is 14.2 Å². The minimum atomic E-state index is -4.79. The van der Waals surface area contributed by atoms with Crippen LogP contribution in [0.3, 0.4) is 0 Å². The Morgan fingerprint density at radius 3 is 2.43 bits per heavy atom. The molecule has 2 fully saturated rings. The Kier molecular flexibility index (Phi) is 7.19. The molecule has 0 radical (unpaired) electrons. The number of hydrogen-bond donors (Lipinski definition) is 2. The van der Waals surface area contributed by atoms with Gasteiger partial charge < -0.3 is 15.2 Å². The van der Waals surface area contributed by atoms with E-state index in [0.717, 1.165) is 10.3 Å². The molecule has 1 atom stereocenters. The van der Waals surface area contributed by atoms with Gasteiger partial charge in [-0.1, -0.05) is 13.8 Å². The Morgan fingerprint density at radius 1 is 1.10 bits per heavy atom. The van der Waals surface area contributed by atoms with Crippen LogP contribution in [0.2, 0.25) is 0 Å². The SMILES string of the molecule is CC(C)C(NC(=O)c1cc(C(F)(F)F)ccc1F)C(=O)N1CCC2(CC1)C(=O)N(C)C(=O)N2c1cnc2[nH]ccc2c1. The minimum Gasteiger partial charge on any atom is -0.346 e. The molecule has 0 bridgehead atoms. The molecule has 5 amide bonds. The number of aromatic amines is 1. The summed E-state index contributed by atoms with van der Waals surface area (Å²) >= 11 is 0. The molecule has 2 saturated heterocycles. The van der Waals surface area contributed by atoms with E-state index in [1.807, 2.05) is 0 Å². The van der Waals surface area contributed by atoms with Gasteiger partial charge in [-0.05, 0) is 49.1 Å². The van der Waals surface area contributed by atoms with Crippen LogP contribution in [0.15, 0.2) is 42.7 Å². The molecule has 1 unspecified atom stereocenters. The molecule has 222 valence electrons. The third kappa shape index (κ3) is 4.84. The zero-order valence-electron chi connectivity index (χ0n) is 23.0. The number of pyridine rings is 1. The second kappa shape index (κ2) is 10.4. The smallest absolute Gasteiger partial charge is 0.346 e. The van der Waals surface area contributed by atoms with Crippen molar-refractivity contribution in [1.29, 1.82) is 0 Å². The molecule has 5 rings (SSSR count). The highest BCUT2D eigenvalue weighted by atomic mass is 19.4. The first-order chi connectivity index (χ1) is 19.7. The number of nitrogens with zero attached hydrogens (tertiary/aromatic N) is 4. The topological polar surface area (TPSA) is 119 Å². The predicted octanol–water partition coefficient (Wildman–Crippen LogP) is 3.94. The van der Waals surface area contributed by atoms with Gasteiger partial charge in [-0.15, -0.1) is 0 Å². The molecular weight excluding hydrogens is 560 g/mol. The quantitative estimate of drug-likeness (QED) is 0.346. The number of carbonyl (C=O) groups excluding carboxylic acids is 4. The lowest BCUT2D eigenvalue weighted by atomic mass is 9.85. The summed E-state index contributed by atoms with van der Waals surface area (Å²) in [6.45, 7) is 3.38. The maximum absolute atomic E-state index is 14.3. The van der Waals surface area contributed by atoms with Crippen molar-refractivity contribution < 1.29 is 36.7 Å². The summed E-state index contributed by atoms with van der Waals surface area (Å²) in [5, 5.41) is 3.14. The molecule has 42 heavy (non-hydrogen) atoms. The third-order valence-corrected chi connectivity index (χ3v) is 7.91. The van der Waals surface area contributed by atoms with Crippen LogP contribution in [0.5, 0.6) is 0 Å². The summed E-state index contributed by atoms with van der Waals surface area (Å²) in [6, 6.07) is 3.33. The summed E-state index contributed by atoms with van der Waals surface area (Å²) in [6.07, 6.45) is -1.39. The molecule has 2 aliphatic rings. The second-order valence-corrected chi connectivity index (χ2v) is 10.8. The van der Waals surface area contributed by atoms with Gasteiger partial charge >= 0.3 is 12.2 Å². The Bertz CT molecular complexity index is 1580. The maximum atomic E-state index is 14.3. The number of alkyl halides is 3. The molecule has 0 aliphatic carbocycles. The number of likely N-dealkylation sites (N-methyl/N-ethyl adjacent to an activating group) is 1. The van der Waals surface area contributed by atoms with E-state index in [1.54, 1.807) is 32.2 Å². The molecule has 2 N–H and O–H groups in total. The van der Waals surface area contributed by atoms with Crippen LogP contribution in [-0.4, -0.2) is 75.2 Å². The molecule has 1 spiro atoms. The molecule has 0 saturated carbocycles. The number of H-pyrrole nitrogens is 1. The standard InChI is InChI=1S/C28H28F4N6O4/c1-15(2)21(35-23(39)19-13-17(28(30,31)32)4-5-20(19)29)24(40)37-10-7-27(8-11-37)25(41)36(3)26(42)38(27)18-12-16-6-9-33-22(16)34-14-18/h4-6,9,12-15,21H,7-8,10-11H2,1-3H3,(H,33,34)(H,35,39). The first-order valence-electron chi connectivity index (χ1n) is 13.3. The summed E-state index contributed by atoms with van der Waals surface area (Å²) in [7, 11) is 1.39. The van der Waals surface area contributed by atoms with E-state index in [9.17, 15) is 36.7 Å². The number of fused-ring (bicyclic) bond motifs is 1. The van der Waals surface area contributed by atoms with E-state index >= 15 is 0 Å². The van der Waals surface area contributed by atoms with E-state index in [1.165, 1.54) is 23.0 Å². The number of nitrogens with one attached hydrogen (secondary N) is 2. The number of aromatic nitrogens is 2. The van der Waals surface area contributed by atoms with Crippen molar-refractivity contribution in [2.45, 2.75) is 44.4 Å². The summed E-state index contributed by atoms with van der Waals surface area (Å²) < 4.78 is 53.8. The summed E-state index contributed by atoms with van der Waals surface area (Å²) in [5.74, 6) is -3.76. The number of amides is 5. The molecule has 4 heterocycles. The zero-order chi connectivity index (χ0) is 30.6. The minimum absolute atomic E-state index is 0.0546. The van der Waals surface area contributed by atoms with Crippen LogP contribution in [-0.2, 0) is 15.8 Å². The average Bonchev–Trinajstić information content (AvgIpc) is 3.48. The van der Waals surface area contributed by atoms with E-state index < -0.39 is 64.4 Å². The molecule has 1 aromatic carbocycles. The molecule has 3 aromatic rings. The normalized spacial score (nSPS) is 18.0. The van der Waals surface area contributed by atoms with Gasteiger partial charge in [-0.3, -0.25) is 24.2 Å². The highest BCUT2D eigenvalue weighted by molar-refractivity contribution is 6.17. The van der Waals surface area contributed by atoms with Gasteiger partial charge in [0.05, 0.1) is 23.0 Å². The number of imide groups is 1. The molecule has 2 aliphatic heterocycles. The highest BCUT2D eigenvalue weighted by Crippen LogP contribution is 2.41. The van der Waals surface area contributed by atoms with Crippen molar-refractivity contribution >= 4 is 40.5 Å². The highest BCUT2D eigenvalue weighted by Gasteiger charge is 2.58. The Labute approximate surface area is 237 Å². The lowest BCUT2D eigenvalue weighted by Gasteiger charge is -2.43. The van der Waals surface area contributed by atoms with Crippen LogP contribution >= 0.6 is 0 Å². The average molecular weight is 589 g/mol. The number of carbonyl (C=O) groups is 4. The largest absolute Gasteiger partial charge is 0.416 e. The molecule has 10 nitrogen and oxygen atoms in total. The van der Waals surface area contributed by atoms with Gasteiger partial charge in [0, 0.05) is 31.7 Å². The van der Waals surface area contributed by atoms with Crippen molar-refractivity contribution in [2.24, 2.45) is 5.92 Å². The van der Waals surface area contributed by atoms with Crippen molar-refractivity contribution in [1.82, 2.24) is 25.1 Å². The number of likely N-dealkylation sites (tertiary alicyclic amines) is 1. The van der Waals surface area contributed by atoms with Gasteiger partial charge in [0.2, 0.25) is 5.91 Å². The van der Waals surface area contributed by atoms with Crippen molar-refractivity contribution in [2.75, 3.05) is 25.0 Å². The van der Waals surface area contributed by atoms with Crippen LogP contribution in [0.25, 0.3) is 11.0 Å². The first-order valence-corrected chi connectivity index (χ1v) is 13.3. The summed E-state index contributed by atoms with van der Waals surface area (Å²) in [5.41, 5.74) is -2.24. The number of halogens is 4. The number of benzene rings is 1. The number of rotatable bonds is 5. The lowest BCUT2D eigenvalue weighted by Crippen LogP contribution is -2.60. The Balaban J connectivity index is 1.35. The van der Waals surface area contributed by atoms with Crippen LogP contribution in [0.1, 0.15) is 42.6 Å². The van der Waals surface area contributed by atoms with E-state index in [-0.39, 0.29) is 25.9 Å². The number of anilines is 1. The van der Waals surface area contributed by atoms with Crippen molar-refractivity contribution in [3.63, 3.8) is 0 Å². The summed E-state index contributed by atoms with van der Waals surface area (Å²) in [4.78, 5) is 64.2. The van der Waals surface area contributed by atoms with Crippen LogP contribution < -0.4 is 10.2 Å². The van der Waals surface area contributed by atoms with E-state index in [0.29, 0.717) is 29.5 Å². The number of urea groups is 1. The second-order valence-electron chi connectivity index (χ2n) is 10.8. The molecule has 2 aromatic heterocycles. The lowest BCUT2D eigenvalue weighted by molar-refractivity contribution is -0.139. The van der Waals surface area contributed by atoms with E-state index in [2.05, 4.69) is 15.3 Å². The fourth-order valence-corrected chi connectivity index (χ4v) is 5.58. The van der Waals surface area contributed by atoms with Crippen molar-refractivity contribution in [3.05, 3.63) is 59.7 Å². The molecular formula is C28H28F4N6O4. The monoisotopic (exact) mass is 588 g/mol. The Hall–Kier alpha value is -4.49. The van der Waals surface area contributed by atoms with Gasteiger partial charge in [0.1, 0.15) is 23.0 Å². The fraction of sp³-hybridized carbons (Fsp3) is 0.393. The predicted molar refractivity (Wildman–Crippen MR) is 143 cm³/mol. The first kappa shape index (κ1) is 29.0. The number of hydrogen-bond acceptors (Lipinski definition) is 5. The van der Waals surface area contributed by atoms with Crippen LogP contribution in [0.4, 0.5) is 28.0 Å². The number of piperidine rings is 1. The fourth-order valence-electron chi connectivity index (χ4n) is 5.58. The maximum Gasteiger partial charge on any atom is 0.416 e. The van der Waals surface area contributed by atoms with Gasteiger partial charge in [-0.2, -0.15) is 13.2 Å². The zero-order valence-corrected chi connectivity index (χ0v) is 23.0. The van der Waals surface area contributed by atoms with Gasteiger partial charge in [0.15, 0.2) is 0 Å². The Morgan fingerprint density at radius 2 is 1.79 bits per heavy atom. The van der Waals surface area contributed by atoms with Gasteiger partial charge in [0.25, 0.3) is 11.8 Å². The van der Waals surface area contributed by atoms with Crippen molar-refractivity contribution in [3.8, 4) is 0 Å². The molecule has 14 heteroatoms. The van der Waals surface area contributed by atoms with E-state index in [4.69, 9.17) is 0 Å². The van der Waals surface area contributed by atoms with Crippen LogP contribution in [0, 0.1) is 11.7 Å². The third-order valence-electron chi connectivity index (χ3n) is 7.91.